The number of sulfonamides is 1. The van der Waals surface area contributed by atoms with Gasteiger partial charge in [-0.05, 0) is 61.6 Å². The summed E-state index contributed by atoms with van der Waals surface area (Å²) in [5.41, 5.74) is 1.57. The summed E-state index contributed by atoms with van der Waals surface area (Å²) in [6.07, 6.45) is 4.36. The minimum absolute atomic E-state index is 0.122. The van der Waals surface area contributed by atoms with E-state index in [1.54, 1.807) is 40.1 Å². The van der Waals surface area contributed by atoms with Gasteiger partial charge in [-0.2, -0.15) is 4.31 Å². The monoisotopic (exact) mass is 459 g/mol. The van der Waals surface area contributed by atoms with Crippen molar-refractivity contribution >= 4 is 27.5 Å². The van der Waals surface area contributed by atoms with Crippen LogP contribution in [0.1, 0.15) is 49.2 Å². The molecule has 9 heteroatoms. The number of hydrogen-bond donors (Lipinski definition) is 0. The van der Waals surface area contributed by atoms with Crippen molar-refractivity contribution in [3.05, 3.63) is 47.9 Å². The zero-order valence-electron chi connectivity index (χ0n) is 18.5. The van der Waals surface area contributed by atoms with Crippen LogP contribution in [-0.2, 0) is 21.2 Å². The Morgan fingerprint density at radius 3 is 2.59 bits per heavy atom. The van der Waals surface area contributed by atoms with Crippen LogP contribution < -0.4 is 4.90 Å². The van der Waals surface area contributed by atoms with Gasteiger partial charge in [0, 0.05) is 31.9 Å². The molecule has 0 radical (unpaired) electrons. The van der Waals surface area contributed by atoms with E-state index in [0.29, 0.717) is 39.0 Å². The third-order valence-electron chi connectivity index (χ3n) is 6.34. The Morgan fingerprint density at radius 1 is 1.12 bits per heavy atom. The number of carbonyl (C=O) groups is 2. The van der Waals surface area contributed by atoms with E-state index in [4.69, 9.17) is 4.42 Å². The van der Waals surface area contributed by atoms with Crippen molar-refractivity contribution in [1.29, 1.82) is 0 Å². The molecule has 0 saturated carbocycles. The van der Waals surface area contributed by atoms with Gasteiger partial charge in [-0.1, -0.05) is 13.8 Å². The lowest BCUT2D eigenvalue weighted by Gasteiger charge is -2.36. The van der Waals surface area contributed by atoms with E-state index >= 15 is 0 Å². The van der Waals surface area contributed by atoms with E-state index in [-0.39, 0.29) is 22.5 Å². The third kappa shape index (κ3) is 3.95. The van der Waals surface area contributed by atoms with Crippen LogP contribution in [0.5, 0.6) is 0 Å². The van der Waals surface area contributed by atoms with Gasteiger partial charge in [0.1, 0.15) is 6.04 Å². The molecule has 1 aromatic carbocycles. The van der Waals surface area contributed by atoms with E-state index in [9.17, 15) is 18.0 Å². The molecule has 1 fully saturated rings. The zero-order valence-corrected chi connectivity index (χ0v) is 19.3. The van der Waals surface area contributed by atoms with Crippen LogP contribution in [0, 0.1) is 0 Å². The SMILES string of the molecule is CCN(CC)S(=O)(=O)c1ccc2c(c1)CCN2C(=O)C1CCCCN1C(=O)c1ccco1. The van der Waals surface area contributed by atoms with Gasteiger partial charge < -0.3 is 14.2 Å². The van der Waals surface area contributed by atoms with Crippen molar-refractivity contribution in [2.45, 2.75) is 50.5 Å². The Bertz CT molecular complexity index is 1090. The fourth-order valence-electron chi connectivity index (χ4n) is 4.63. The lowest BCUT2D eigenvalue weighted by atomic mass is 10.00. The van der Waals surface area contributed by atoms with Crippen LogP contribution in [0.2, 0.25) is 0 Å². The van der Waals surface area contributed by atoms with E-state index in [0.717, 1.165) is 24.1 Å². The highest BCUT2D eigenvalue weighted by molar-refractivity contribution is 7.89. The maximum Gasteiger partial charge on any atom is 0.290 e. The first kappa shape index (κ1) is 22.5. The molecule has 8 nitrogen and oxygen atoms in total. The number of carbonyl (C=O) groups excluding carboxylic acids is 2. The minimum Gasteiger partial charge on any atom is -0.459 e. The van der Waals surface area contributed by atoms with Crippen LogP contribution in [0.25, 0.3) is 0 Å². The minimum atomic E-state index is -3.56. The highest BCUT2D eigenvalue weighted by Crippen LogP contribution is 2.33. The molecule has 2 aliphatic rings. The number of hydrogen-bond acceptors (Lipinski definition) is 5. The Kier molecular flexibility index (Phi) is 6.39. The van der Waals surface area contributed by atoms with E-state index < -0.39 is 16.1 Å². The van der Waals surface area contributed by atoms with Gasteiger partial charge in [-0.25, -0.2) is 8.42 Å². The quantitative estimate of drug-likeness (QED) is 0.663. The number of rotatable bonds is 6. The second-order valence-corrected chi connectivity index (χ2v) is 10.0. The summed E-state index contributed by atoms with van der Waals surface area (Å²) in [7, 11) is -3.56. The number of likely N-dealkylation sites (tertiary alicyclic amines) is 1. The molecule has 1 atom stereocenters. The first-order valence-electron chi connectivity index (χ1n) is 11.2. The number of fused-ring (bicyclic) bond motifs is 1. The van der Waals surface area contributed by atoms with Crippen molar-refractivity contribution in [3.63, 3.8) is 0 Å². The average molecular weight is 460 g/mol. The number of furan rings is 1. The van der Waals surface area contributed by atoms with Crippen molar-refractivity contribution in [2.24, 2.45) is 0 Å². The molecule has 0 bridgehead atoms. The molecule has 1 unspecified atom stereocenters. The van der Waals surface area contributed by atoms with Gasteiger partial charge in [0.25, 0.3) is 5.91 Å². The van der Waals surface area contributed by atoms with E-state index in [1.165, 1.54) is 10.6 Å². The molecule has 0 aliphatic carbocycles. The number of benzene rings is 1. The van der Waals surface area contributed by atoms with Crippen molar-refractivity contribution in [3.8, 4) is 0 Å². The third-order valence-corrected chi connectivity index (χ3v) is 8.38. The Balaban J connectivity index is 1.58. The number of amides is 2. The summed E-state index contributed by atoms with van der Waals surface area (Å²) in [6.45, 7) is 5.42. The van der Waals surface area contributed by atoms with Gasteiger partial charge in [0.05, 0.1) is 11.2 Å². The second kappa shape index (κ2) is 9.07. The van der Waals surface area contributed by atoms with Gasteiger partial charge >= 0.3 is 0 Å². The highest BCUT2D eigenvalue weighted by Gasteiger charge is 2.38. The summed E-state index contributed by atoms with van der Waals surface area (Å²) >= 11 is 0. The number of piperidine rings is 1. The second-order valence-electron chi connectivity index (χ2n) is 8.11. The molecular formula is C23H29N3O5S. The molecule has 1 saturated heterocycles. The molecular weight excluding hydrogens is 430 g/mol. The predicted octanol–water partition coefficient (Wildman–Crippen LogP) is 2.89. The molecule has 32 heavy (non-hydrogen) atoms. The summed E-state index contributed by atoms with van der Waals surface area (Å²) in [5.74, 6) is -0.159. The van der Waals surface area contributed by atoms with Gasteiger partial charge in [-0.15, -0.1) is 0 Å². The summed E-state index contributed by atoms with van der Waals surface area (Å²) in [6, 6.07) is 7.70. The number of anilines is 1. The Labute approximate surface area is 188 Å². The van der Waals surface area contributed by atoms with Crippen molar-refractivity contribution in [2.75, 3.05) is 31.1 Å². The standard InChI is InChI=1S/C23H29N3O5S/c1-3-24(4-2)32(29,30)18-10-11-19-17(16-18)12-14-26(19)22(27)20-8-5-6-13-25(20)23(28)21-9-7-15-31-21/h7,9-11,15-16,20H,3-6,8,12-14H2,1-2H3. The Hall–Kier alpha value is -2.65. The van der Waals surface area contributed by atoms with Gasteiger partial charge in [0.15, 0.2) is 5.76 Å². The topological polar surface area (TPSA) is 91.1 Å². The van der Waals surface area contributed by atoms with Gasteiger partial charge in [-0.3, -0.25) is 9.59 Å². The lowest BCUT2D eigenvalue weighted by molar-refractivity contribution is -0.124. The smallest absolute Gasteiger partial charge is 0.290 e. The summed E-state index contributed by atoms with van der Waals surface area (Å²) in [4.78, 5) is 30.0. The fourth-order valence-corrected chi connectivity index (χ4v) is 6.14. The number of nitrogens with zero attached hydrogens (tertiary/aromatic N) is 3. The van der Waals surface area contributed by atoms with Crippen LogP contribution in [-0.4, -0.2) is 61.7 Å². The molecule has 0 N–H and O–H groups in total. The molecule has 172 valence electrons. The molecule has 2 aromatic rings. The molecule has 2 amide bonds. The predicted molar refractivity (Wildman–Crippen MR) is 120 cm³/mol. The maximum absolute atomic E-state index is 13.5. The summed E-state index contributed by atoms with van der Waals surface area (Å²) in [5, 5.41) is 0. The molecule has 0 spiro atoms. The summed E-state index contributed by atoms with van der Waals surface area (Å²) < 4.78 is 32.4. The molecule has 3 heterocycles. The van der Waals surface area contributed by atoms with Crippen molar-refractivity contribution in [1.82, 2.24) is 9.21 Å². The molecule has 1 aromatic heterocycles. The zero-order chi connectivity index (χ0) is 22.9. The van der Waals surface area contributed by atoms with Crippen LogP contribution in [0.15, 0.2) is 45.9 Å². The maximum atomic E-state index is 13.5. The largest absolute Gasteiger partial charge is 0.459 e. The fraction of sp³-hybridized carbons (Fsp3) is 0.478. The van der Waals surface area contributed by atoms with Gasteiger partial charge in [0.2, 0.25) is 15.9 Å². The molecule has 2 aliphatic heterocycles. The average Bonchev–Trinajstić information content (AvgIpc) is 3.48. The van der Waals surface area contributed by atoms with Crippen LogP contribution in [0.4, 0.5) is 5.69 Å². The first-order valence-corrected chi connectivity index (χ1v) is 12.6. The van der Waals surface area contributed by atoms with Crippen molar-refractivity contribution < 1.29 is 22.4 Å². The van der Waals surface area contributed by atoms with E-state index in [1.807, 2.05) is 13.8 Å². The highest BCUT2D eigenvalue weighted by atomic mass is 32.2. The normalized spacial score (nSPS) is 18.8. The first-order chi connectivity index (χ1) is 15.4. The van der Waals surface area contributed by atoms with Crippen LogP contribution in [0.3, 0.4) is 0 Å². The lowest BCUT2D eigenvalue weighted by Crippen LogP contribution is -2.52. The Morgan fingerprint density at radius 2 is 1.91 bits per heavy atom. The van der Waals surface area contributed by atoms with E-state index in [2.05, 4.69) is 0 Å². The van der Waals surface area contributed by atoms with Crippen LogP contribution >= 0.6 is 0 Å². The molecule has 4 rings (SSSR count).